The molecule has 1 amide bonds. The highest BCUT2D eigenvalue weighted by Crippen LogP contribution is 2.24. The molecule has 0 N–H and O–H groups in total. The van der Waals surface area contributed by atoms with Crippen molar-refractivity contribution in [2.75, 3.05) is 26.2 Å². The molecule has 0 spiro atoms. The summed E-state index contributed by atoms with van der Waals surface area (Å²) < 4.78 is 5.64. The lowest BCUT2D eigenvalue weighted by atomic mass is 10.2. The van der Waals surface area contributed by atoms with Crippen LogP contribution in [0.15, 0.2) is 35.1 Å². The number of pyridine rings is 1. The van der Waals surface area contributed by atoms with Crippen LogP contribution in [0.25, 0.3) is 11.3 Å². The molecule has 21 heavy (non-hydrogen) atoms. The molecular weight excluding hydrogens is 268 g/mol. The van der Waals surface area contributed by atoms with Gasteiger partial charge >= 0.3 is 5.91 Å². The smallest absolute Gasteiger partial charge is 0.310 e. The van der Waals surface area contributed by atoms with Gasteiger partial charge in [-0.2, -0.15) is 0 Å². The summed E-state index contributed by atoms with van der Waals surface area (Å²) in [7, 11) is 0. The molecule has 2 aliphatic heterocycles. The van der Waals surface area contributed by atoms with Crippen LogP contribution < -0.4 is 0 Å². The third-order valence-electron chi connectivity index (χ3n) is 4.24. The second kappa shape index (κ2) is 4.96. The van der Waals surface area contributed by atoms with Crippen molar-refractivity contribution < 1.29 is 9.21 Å². The average molecular weight is 284 g/mol. The number of aromatic nitrogens is 2. The second-order valence-electron chi connectivity index (χ2n) is 5.51. The van der Waals surface area contributed by atoms with Gasteiger partial charge in [0.15, 0.2) is 5.76 Å². The zero-order chi connectivity index (χ0) is 14.2. The molecule has 0 aliphatic carbocycles. The fraction of sp³-hybridized carbons (Fsp3) is 0.400. The number of carbonyl (C=O) groups excluding carboxylic acids is 1. The zero-order valence-corrected chi connectivity index (χ0v) is 11.6. The van der Waals surface area contributed by atoms with E-state index in [1.807, 2.05) is 17.0 Å². The summed E-state index contributed by atoms with van der Waals surface area (Å²) in [5, 5.41) is 0. The standard InChI is InChI=1S/C15H16N4O2/c20-15(19-7-6-18-5-3-12(19)10-18)14-17-9-13(21-14)11-2-1-4-16-8-11/h1-2,4,8-9,12H,3,5-7,10H2/t12-/m1/s1. The molecule has 2 saturated heterocycles. The molecule has 2 bridgehead atoms. The summed E-state index contributed by atoms with van der Waals surface area (Å²) in [5.74, 6) is 0.655. The molecule has 2 aliphatic rings. The highest BCUT2D eigenvalue weighted by Gasteiger charge is 2.36. The molecule has 4 rings (SSSR count). The van der Waals surface area contributed by atoms with Gasteiger partial charge in [-0.15, -0.1) is 0 Å². The number of hydrogen-bond acceptors (Lipinski definition) is 5. The van der Waals surface area contributed by atoms with Crippen LogP contribution in [0, 0.1) is 0 Å². The van der Waals surface area contributed by atoms with Crippen LogP contribution in [0.4, 0.5) is 0 Å². The van der Waals surface area contributed by atoms with Crippen LogP contribution in [0.3, 0.4) is 0 Å². The Morgan fingerprint density at radius 3 is 3.10 bits per heavy atom. The summed E-state index contributed by atoms with van der Waals surface area (Å²) in [6.45, 7) is 3.76. The van der Waals surface area contributed by atoms with E-state index in [0.29, 0.717) is 11.8 Å². The van der Waals surface area contributed by atoms with Crippen molar-refractivity contribution in [3.8, 4) is 11.3 Å². The highest BCUT2D eigenvalue weighted by molar-refractivity contribution is 5.90. The van der Waals surface area contributed by atoms with Gasteiger partial charge in [0.2, 0.25) is 0 Å². The zero-order valence-electron chi connectivity index (χ0n) is 11.6. The van der Waals surface area contributed by atoms with Crippen molar-refractivity contribution in [3.05, 3.63) is 36.6 Å². The van der Waals surface area contributed by atoms with Gasteiger partial charge in [-0.1, -0.05) is 0 Å². The topological polar surface area (TPSA) is 62.5 Å². The summed E-state index contributed by atoms with van der Waals surface area (Å²) in [4.78, 5) is 25.1. The van der Waals surface area contributed by atoms with E-state index >= 15 is 0 Å². The lowest BCUT2D eigenvalue weighted by Crippen LogP contribution is -2.49. The number of piperazine rings is 1. The number of fused-ring (bicyclic) bond motifs is 2. The number of oxazole rings is 1. The molecule has 108 valence electrons. The third kappa shape index (κ3) is 2.21. The van der Waals surface area contributed by atoms with E-state index in [4.69, 9.17) is 4.42 Å². The molecule has 2 aromatic rings. The normalized spacial score (nSPS) is 24.3. The van der Waals surface area contributed by atoms with E-state index in [0.717, 1.165) is 38.2 Å². The Morgan fingerprint density at radius 2 is 2.24 bits per heavy atom. The summed E-state index contributed by atoms with van der Waals surface area (Å²) in [6, 6.07) is 4.02. The van der Waals surface area contributed by atoms with Crippen molar-refractivity contribution >= 4 is 5.91 Å². The SMILES string of the molecule is O=C(c1ncc(-c2cccnc2)o1)N1CCN2CC[C@@H]1C2. The molecule has 2 atom stereocenters. The Labute approximate surface area is 122 Å². The van der Waals surface area contributed by atoms with Gasteiger partial charge in [0.25, 0.3) is 5.89 Å². The van der Waals surface area contributed by atoms with Crippen LogP contribution in [0.2, 0.25) is 0 Å². The largest absolute Gasteiger partial charge is 0.432 e. The van der Waals surface area contributed by atoms with Crippen LogP contribution >= 0.6 is 0 Å². The van der Waals surface area contributed by atoms with Gasteiger partial charge in [0.05, 0.1) is 6.20 Å². The number of nitrogens with zero attached hydrogens (tertiary/aromatic N) is 4. The van der Waals surface area contributed by atoms with E-state index in [1.54, 1.807) is 18.6 Å². The number of rotatable bonds is 2. The van der Waals surface area contributed by atoms with Crippen LogP contribution in [-0.4, -0.2) is 57.9 Å². The third-order valence-corrected chi connectivity index (χ3v) is 4.24. The van der Waals surface area contributed by atoms with Gasteiger partial charge < -0.3 is 9.32 Å². The molecular formula is C15H16N4O2. The van der Waals surface area contributed by atoms with Crippen molar-refractivity contribution in [2.45, 2.75) is 12.5 Å². The van der Waals surface area contributed by atoms with Gasteiger partial charge in [-0.05, 0) is 18.6 Å². The molecule has 6 nitrogen and oxygen atoms in total. The minimum Gasteiger partial charge on any atom is -0.432 e. The minimum absolute atomic E-state index is 0.100. The first kappa shape index (κ1) is 12.5. The maximum atomic E-state index is 12.6. The van der Waals surface area contributed by atoms with Crippen LogP contribution in [0.1, 0.15) is 17.1 Å². The summed E-state index contributed by atoms with van der Waals surface area (Å²) >= 11 is 0. The minimum atomic E-state index is -0.100. The van der Waals surface area contributed by atoms with Gasteiger partial charge in [0.1, 0.15) is 0 Å². The van der Waals surface area contributed by atoms with Crippen LogP contribution in [0.5, 0.6) is 0 Å². The lowest BCUT2D eigenvalue weighted by molar-refractivity contribution is 0.0570. The first-order valence-corrected chi connectivity index (χ1v) is 7.21. The fourth-order valence-electron chi connectivity index (χ4n) is 3.11. The first-order chi connectivity index (χ1) is 10.3. The monoisotopic (exact) mass is 284 g/mol. The first-order valence-electron chi connectivity index (χ1n) is 7.21. The molecule has 2 fully saturated rings. The highest BCUT2D eigenvalue weighted by atomic mass is 16.4. The summed E-state index contributed by atoms with van der Waals surface area (Å²) in [6.07, 6.45) is 6.03. The number of amides is 1. The number of carbonyl (C=O) groups is 1. The average Bonchev–Trinajstić information content (AvgIpc) is 3.15. The van der Waals surface area contributed by atoms with Crippen molar-refractivity contribution in [3.63, 3.8) is 0 Å². The van der Waals surface area contributed by atoms with Crippen molar-refractivity contribution in [1.82, 2.24) is 19.8 Å². The Kier molecular flexibility index (Phi) is 2.96. The molecule has 0 radical (unpaired) electrons. The molecule has 0 aromatic carbocycles. The summed E-state index contributed by atoms with van der Waals surface area (Å²) in [5.41, 5.74) is 0.828. The molecule has 4 heterocycles. The van der Waals surface area contributed by atoms with Crippen molar-refractivity contribution in [1.29, 1.82) is 0 Å². The maximum Gasteiger partial charge on any atom is 0.310 e. The van der Waals surface area contributed by atoms with E-state index < -0.39 is 0 Å². The predicted octanol–water partition coefficient (Wildman–Crippen LogP) is 1.27. The van der Waals surface area contributed by atoms with Gasteiger partial charge in [-0.25, -0.2) is 4.98 Å². The molecule has 2 aromatic heterocycles. The Bertz CT molecular complexity index is 655. The van der Waals surface area contributed by atoms with Crippen LogP contribution in [-0.2, 0) is 0 Å². The lowest BCUT2D eigenvalue weighted by Gasteiger charge is -2.33. The molecule has 0 saturated carbocycles. The quantitative estimate of drug-likeness (QED) is 0.831. The van der Waals surface area contributed by atoms with Gasteiger partial charge in [0, 0.05) is 50.2 Å². The van der Waals surface area contributed by atoms with E-state index in [-0.39, 0.29) is 11.8 Å². The second-order valence-corrected chi connectivity index (χ2v) is 5.51. The Balaban J connectivity index is 1.56. The van der Waals surface area contributed by atoms with Gasteiger partial charge in [-0.3, -0.25) is 14.7 Å². The number of hydrogen-bond donors (Lipinski definition) is 0. The van der Waals surface area contributed by atoms with Crippen molar-refractivity contribution in [2.24, 2.45) is 0 Å². The predicted molar refractivity (Wildman–Crippen MR) is 75.6 cm³/mol. The maximum absolute atomic E-state index is 12.6. The Morgan fingerprint density at radius 1 is 1.29 bits per heavy atom. The molecule has 1 unspecified atom stereocenters. The van der Waals surface area contributed by atoms with E-state index in [1.165, 1.54) is 0 Å². The Hall–Kier alpha value is -2.21. The van der Waals surface area contributed by atoms with E-state index in [9.17, 15) is 4.79 Å². The van der Waals surface area contributed by atoms with E-state index in [2.05, 4.69) is 14.9 Å². The molecule has 6 heteroatoms. The fourth-order valence-corrected chi connectivity index (χ4v) is 3.11.